The number of hydrogen-bond acceptors (Lipinski definition) is 4. The number of H-pyrrole nitrogens is 1. The van der Waals surface area contributed by atoms with E-state index in [1.54, 1.807) is 12.4 Å². The Bertz CT molecular complexity index is 782. The lowest BCUT2D eigenvalue weighted by Gasteiger charge is -2.28. The summed E-state index contributed by atoms with van der Waals surface area (Å²) in [5, 5.41) is 7.12. The Hall–Kier alpha value is -2.88. The molecule has 0 spiro atoms. The van der Waals surface area contributed by atoms with Gasteiger partial charge in [-0.2, -0.15) is 13.2 Å². The van der Waals surface area contributed by atoms with E-state index < -0.39 is 12.1 Å². The smallest absolute Gasteiger partial charge is 0.475 e. The highest BCUT2D eigenvalue weighted by Crippen LogP contribution is 2.26. The van der Waals surface area contributed by atoms with Crippen LogP contribution in [0.5, 0.6) is 0 Å². The minimum Gasteiger partial charge on any atom is -0.475 e. The van der Waals surface area contributed by atoms with Crippen LogP contribution in [0.25, 0.3) is 0 Å². The first-order valence-corrected chi connectivity index (χ1v) is 8.99. The van der Waals surface area contributed by atoms with Gasteiger partial charge in [0.05, 0.1) is 12.1 Å². The van der Waals surface area contributed by atoms with Crippen molar-refractivity contribution in [3.05, 3.63) is 54.1 Å². The van der Waals surface area contributed by atoms with Crippen LogP contribution in [0, 0.1) is 0 Å². The molecule has 0 saturated carbocycles. The van der Waals surface area contributed by atoms with E-state index >= 15 is 0 Å². The Labute approximate surface area is 165 Å². The fraction of sp³-hybridized carbons (Fsp3) is 0.421. The Morgan fingerprint density at radius 2 is 2.07 bits per heavy atom. The molecule has 0 aliphatic carbocycles. The first-order valence-electron chi connectivity index (χ1n) is 8.99. The molecular formula is C19H22F3N3O4. The van der Waals surface area contributed by atoms with E-state index in [0.717, 1.165) is 24.9 Å². The molecule has 3 rings (SSSR count). The van der Waals surface area contributed by atoms with Gasteiger partial charge in [0.25, 0.3) is 5.91 Å². The molecule has 1 aliphatic rings. The first-order chi connectivity index (χ1) is 13.7. The van der Waals surface area contributed by atoms with Gasteiger partial charge < -0.3 is 19.7 Å². The van der Waals surface area contributed by atoms with Crippen LogP contribution < -0.4 is 0 Å². The van der Waals surface area contributed by atoms with Crippen LogP contribution in [0.15, 0.2) is 42.9 Å². The number of hydrogen-bond donors (Lipinski definition) is 2. The van der Waals surface area contributed by atoms with Crippen LogP contribution in [-0.2, 0) is 16.0 Å². The normalized spacial score (nSPS) is 18.8. The molecule has 2 aromatic heterocycles. The quantitative estimate of drug-likeness (QED) is 0.786. The van der Waals surface area contributed by atoms with Crippen LogP contribution in [0.3, 0.4) is 0 Å². The van der Waals surface area contributed by atoms with E-state index in [9.17, 15) is 18.0 Å². The monoisotopic (exact) mass is 413 g/mol. The minimum atomic E-state index is -5.08. The van der Waals surface area contributed by atoms with Gasteiger partial charge in [-0.25, -0.2) is 4.79 Å². The highest BCUT2D eigenvalue weighted by Gasteiger charge is 2.39. The van der Waals surface area contributed by atoms with Crippen molar-refractivity contribution in [1.29, 1.82) is 0 Å². The van der Waals surface area contributed by atoms with Crippen molar-refractivity contribution in [3.8, 4) is 0 Å². The summed E-state index contributed by atoms with van der Waals surface area (Å²) >= 11 is 0. The lowest BCUT2D eigenvalue weighted by molar-refractivity contribution is -0.192. The Kier molecular flexibility index (Phi) is 7.77. The third kappa shape index (κ3) is 6.31. The van der Waals surface area contributed by atoms with Gasteiger partial charge in [-0.1, -0.05) is 6.07 Å². The van der Waals surface area contributed by atoms with Crippen molar-refractivity contribution < 1.29 is 32.6 Å². The zero-order valence-corrected chi connectivity index (χ0v) is 15.7. The third-order valence-electron chi connectivity index (χ3n) is 4.36. The van der Waals surface area contributed by atoms with Gasteiger partial charge in [0.15, 0.2) is 0 Å². The van der Waals surface area contributed by atoms with Gasteiger partial charge in [-0.05, 0) is 43.5 Å². The maximum absolute atomic E-state index is 12.7. The van der Waals surface area contributed by atoms with Crippen molar-refractivity contribution in [1.82, 2.24) is 14.9 Å². The molecule has 1 aliphatic heterocycles. The number of likely N-dealkylation sites (tertiary alicyclic amines) is 1. The summed E-state index contributed by atoms with van der Waals surface area (Å²) in [5.41, 5.74) is 1.76. The van der Waals surface area contributed by atoms with Crippen LogP contribution in [-0.4, -0.2) is 63.3 Å². The number of ether oxygens (including phenoxy) is 1. The van der Waals surface area contributed by atoms with E-state index in [1.807, 2.05) is 42.3 Å². The maximum atomic E-state index is 12.7. The zero-order valence-electron chi connectivity index (χ0n) is 15.7. The molecule has 29 heavy (non-hydrogen) atoms. The molecule has 0 unspecified atom stereocenters. The van der Waals surface area contributed by atoms with Gasteiger partial charge >= 0.3 is 12.1 Å². The topological polar surface area (TPSA) is 95.5 Å². The van der Waals surface area contributed by atoms with Gasteiger partial charge in [0, 0.05) is 31.7 Å². The molecule has 0 radical (unpaired) electrons. The predicted molar refractivity (Wildman–Crippen MR) is 97.3 cm³/mol. The molecule has 7 nitrogen and oxygen atoms in total. The third-order valence-corrected chi connectivity index (χ3v) is 4.36. The molecule has 2 aromatic rings. The highest BCUT2D eigenvalue weighted by molar-refractivity contribution is 5.92. The summed E-state index contributed by atoms with van der Waals surface area (Å²) in [6, 6.07) is 7.69. The molecule has 2 N–H and O–H groups in total. The number of amides is 1. The van der Waals surface area contributed by atoms with Crippen LogP contribution in [0.2, 0.25) is 0 Å². The number of carboxylic acid groups (broad SMARTS) is 1. The minimum absolute atomic E-state index is 0.0427. The molecule has 0 bridgehead atoms. The van der Waals surface area contributed by atoms with Gasteiger partial charge in [-0.3, -0.25) is 9.78 Å². The molecule has 2 atom stereocenters. The van der Waals surface area contributed by atoms with Crippen molar-refractivity contribution in [2.75, 3.05) is 13.2 Å². The lowest BCUT2D eigenvalue weighted by Crippen LogP contribution is -2.42. The SMILES string of the molecule is CCO[C@@H]1CCN(C(=O)c2ccc[nH]2)[C@@H]1Cc1cccnc1.O=C(O)C(F)(F)F. The number of carbonyl (C=O) groups excluding carboxylic acids is 1. The van der Waals surface area contributed by atoms with E-state index in [2.05, 4.69) is 9.97 Å². The number of nitrogens with zero attached hydrogens (tertiary/aromatic N) is 2. The van der Waals surface area contributed by atoms with Crippen molar-refractivity contribution in [2.24, 2.45) is 0 Å². The predicted octanol–water partition coefficient (Wildman–Crippen LogP) is 2.91. The molecule has 1 fully saturated rings. The molecule has 3 heterocycles. The second-order valence-corrected chi connectivity index (χ2v) is 6.30. The highest BCUT2D eigenvalue weighted by atomic mass is 19.4. The number of rotatable bonds is 5. The summed E-state index contributed by atoms with van der Waals surface area (Å²) in [4.78, 5) is 30.7. The maximum Gasteiger partial charge on any atom is 0.490 e. The molecular weight excluding hydrogens is 391 g/mol. The fourth-order valence-corrected chi connectivity index (χ4v) is 3.11. The van der Waals surface area contributed by atoms with Crippen molar-refractivity contribution >= 4 is 11.9 Å². The van der Waals surface area contributed by atoms with Crippen LogP contribution >= 0.6 is 0 Å². The Balaban J connectivity index is 0.000000370. The fourth-order valence-electron chi connectivity index (χ4n) is 3.11. The number of nitrogens with one attached hydrogen (secondary N) is 1. The second-order valence-electron chi connectivity index (χ2n) is 6.30. The summed E-state index contributed by atoms with van der Waals surface area (Å²) in [6.45, 7) is 3.39. The standard InChI is InChI=1S/C17H21N3O2.C2HF3O2/c1-2-22-16-7-10-20(17(21)14-6-4-9-19-14)15(16)11-13-5-3-8-18-12-13;3-2(4,5)1(6)7/h3-6,8-9,12,15-16,19H,2,7,10-11H2,1H3;(H,6,7)/t15-,16-;/m1./s1. The summed E-state index contributed by atoms with van der Waals surface area (Å²) in [7, 11) is 0. The molecule has 158 valence electrons. The zero-order chi connectivity index (χ0) is 21.4. The molecule has 10 heteroatoms. The van der Waals surface area contributed by atoms with Crippen molar-refractivity contribution in [3.63, 3.8) is 0 Å². The number of pyridine rings is 1. The second kappa shape index (κ2) is 10.1. The molecule has 1 saturated heterocycles. The van der Waals surface area contributed by atoms with Crippen LogP contribution in [0.1, 0.15) is 29.4 Å². The Morgan fingerprint density at radius 3 is 2.59 bits per heavy atom. The molecule has 1 amide bonds. The van der Waals surface area contributed by atoms with Gasteiger partial charge in [0.2, 0.25) is 0 Å². The summed E-state index contributed by atoms with van der Waals surface area (Å²) in [6.07, 6.45) is 2.05. The van der Waals surface area contributed by atoms with Gasteiger partial charge in [0.1, 0.15) is 5.69 Å². The summed E-state index contributed by atoms with van der Waals surface area (Å²) in [5.74, 6) is -2.71. The summed E-state index contributed by atoms with van der Waals surface area (Å²) < 4.78 is 37.6. The number of halogens is 3. The average molecular weight is 413 g/mol. The number of carboxylic acids is 1. The first kappa shape index (κ1) is 22.4. The van der Waals surface area contributed by atoms with E-state index in [-0.39, 0.29) is 18.1 Å². The van der Waals surface area contributed by atoms with Crippen LogP contribution in [0.4, 0.5) is 13.2 Å². The van der Waals surface area contributed by atoms with E-state index in [1.165, 1.54) is 0 Å². The number of aromatic nitrogens is 2. The lowest BCUT2D eigenvalue weighted by atomic mass is 10.0. The number of alkyl halides is 3. The van der Waals surface area contributed by atoms with E-state index in [4.69, 9.17) is 14.6 Å². The average Bonchev–Trinajstić information content (AvgIpc) is 3.33. The van der Waals surface area contributed by atoms with Crippen molar-refractivity contribution in [2.45, 2.75) is 38.1 Å². The Morgan fingerprint density at radius 1 is 1.34 bits per heavy atom. The number of aromatic amines is 1. The number of carbonyl (C=O) groups is 2. The largest absolute Gasteiger partial charge is 0.490 e. The van der Waals surface area contributed by atoms with E-state index in [0.29, 0.717) is 12.3 Å². The van der Waals surface area contributed by atoms with Gasteiger partial charge in [-0.15, -0.1) is 0 Å². The molecule has 0 aromatic carbocycles. The number of aliphatic carboxylic acids is 1.